The highest BCUT2D eigenvalue weighted by atomic mass is 79.9. The molecular weight excluding hydrogens is 254 g/mol. The topological polar surface area (TPSA) is 54.9 Å². The number of nitrogens with zero attached hydrogens (tertiary/aromatic N) is 2. The van der Waals surface area contributed by atoms with Gasteiger partial charge in [-0.3, -0.25) is 4.79 Å². The Morgan fingerprint density at radius 2 is 2.62 bits per heavy atom. The Kier molecular flexibility index (Phi) is 4.31. The van der Waals surface area contributed by atoms with E-state index in [0.29, 0.717) is 16.2 Å². The average Bonchev–Trinajstić information content (AvgIpc) is 2.55. The SMILES string of the molecule is CC(Br)CCNC(=O)c1cnns1. The summed E-state index contributed by atoms with van der Waals surface area (Å²) in [4.78, 5) is 12.3. The van der Waals surface area contributed by atoms with E-state index in [4.69, 9.17) is 0 Å². The van der Waals surface area contributed by atoms with Crippen LogP contribution in [0.1, 0.15) is 23.0 Å². The van der Waals surface area contributed by atoms with Crippen LogP contribution in [0.5, 0.6) is 0 Å². The lowest BCUT2D eigenvalue weighted by molar-refractivity contribution is 0.0957. The molecule has 13 heavy (non-hydrogen) atoms. The second-order valence-electron chi connectivity index (χ2n) is 2.61. The zero-order chi connectivity index (χ0) is 9.68. The van der Waals surface area contributed by atoms with Crippen LogP contribution in [0.2, 0.25) is 0 Å². The van der Waals surface area contributed by atoms with Crippen molar-refractivity contribution >= 4 is 33.4 Å². The van der Waals surface area contributed by atoms with Gasteiger partial charge in [0.1, 0.15) is 4.88 Å². The lowest BCUT2D eigenvalue weighted by Gasteiger charge is -2.03. The van der Waals surface area contributed by atoms with Gasteiger partial charge in [-0.25, -0.2) is 0 Å². The van der Waals surface area contributed by atoms with Gasteiger partial charge in [0.25, 0.3) is 5.91 Å². The Bertz CT molecular complexity index is 263. The maximum Gasteiger partial charge on any atom is 0.264 e. The molecule has 1 rings (SSSR count). The molecule has 1 heterocycles. The first kappa shape index (κ1) is 10.6. The quantitative estimate of drug-likeness (QED) is 0.837. The molecule has 6 heteroatoms. The molecule has 0 radical (unpaired) electrons. The Balaban J connectivity index is 2.27. The number of hydrogen-bond donors (Lipinski definition) is 1. The maximum absolute atomic E-state index is 11.3. The van der Waals surface area contributed by atoms with Gasteiger partial charge in [0.05, 0.1) is 6.20 Å². The number of carbonyl (C=O) groups is 1. The number of nitrogens with one attached hydrogen (secondary N) is 1. The number of carbonyl (C=O) groups excluding carboxylic acids is 1. The summed E-state index contributed by atoms with van der Waals surface area (Å²) in [6.45, 7) is 2.71. The number of hydrogen-bond acceptors (Lipinski definition) is 4. The first-order valence-corrected chi connectivity index (χ1v) is 5.58. The normalized spacial score (nSPS) is 12.5. The van der Waals surface area contributed by atoms with Crippen LogP contribution in [0.25, 0.3) is 0 Å². The van der Waals surface area contributed by atoms with E-state index in [2.05, 4.69) is 30.8 Å². The molecule has 0 saturated heterocycles. The van der Waals surface area contributed by atoms with Gasteiger partial charge >= 0.3 is 0 Å². The fraction of sp³-hybridized carbons (Fsp3) is 0.571. The molecule has 1 aromatic heterocycles. The number of alkyl halides is 1. The summed E-state index contributed by atoms with van der Waals surface area (Å²) >= 11 is 4.50. The number of halogens is 1. The zero-order valence-corrected chi connectivity index (χ0v) is 9.56. The fourth-order valence-corrected chi connectivity index (χ4v) is 1.40. The van der Waals surface area contributed by atoms with E-state index in [9.17, 15) is 4.79 Å². The van der Waals surface area contributed by atoms with Crippen LogP contribution < -0.4 is 5.32 Å². The van der Waals surface area contributed by atoms with E-state index < -0.39 is 0 Å². The molecule has 4 nitrogen and oxygen atoms in total. The van der Waals surface area contributed by atoms with Crippen LogP contribution in [0.3, 0.4) is 0 Å². The van der Waals surface area contributed by atoms with Crippen LogP contribution in [-0.4, -0.2) is 26.9 Å². The van der Waals surface area contributed by atoms with Gasteiger partial charge in [-0.1, -0.05) is 27.3 Å². The van der Waals surface area contributed by atoms with E-state index in [-0.39, 0.29) is 5.91 Å². The van der Waals surface area contributed by atoms with E-state index in [0.717, 1.165) is 18.0 Å². The molecule has 0 spiro atoms. The summed E-state index contributed by atoms with van der Waals surface area (Å²) in [5.41, 5.74) is 0. The first-order valence-electron chi connectivity index (χ1n) is 3.90. The molecule has 1 unspecified atom stereocenters. The third-order valence-electron chi connectivity index (χ3n) is 1.41. The molecule has 0 bridgehead atoms. The van der Waals surface area contributed by atoms with Crippen molar-refractivity contribution in [1.82, 2.24) is 14.9 Å². The highest BCUT2D eigenvalue weighted by Gasteiger charge is 2.07. The highest BCUT2D eigenvalue weighted by Crippen LogP contribution is 2.03. The minimum Gasteiger partial charge on any atom is -0.351 e. The van der Waals surface area contributed by atoms with Gasteiger partial charge in [0.2, 0.25) is 0 Å². The minimum absolute atomic E-state index is 0.0943. The predicted molar refractivity (Wildman–Crippen MR) is 55.2 cm³/mol. The van der Waals surface area contributed by atoms with Crippen LogP contribution in [0.15, 0.2) is 6.20 Å². The van der Waals surface area contributed by atoms with Crippen molar-refractivity contribution in [3.63, 3.8) is 0 Å². The Morgan fingerprint density at radius 1 is 1.85 bits per heavy atom. The molecule has 0 aliphatic rings. The summed E-state index contributed by atoms with van der Waals surface area (Å²) in [5.74, 6) is -0.0943. The Labute approximate surface area is 89.0 Å². The van der Waals surface area contributed by atoms with Crippen LogP contribution in [-0.2, 0) is 0 Å². The lowest BCUT2D eigenvalue weighted by atomic mass is 10.3. The molecule has 72 valence electrons. The fourth-order valence-electron chi connectivity index (χ4n) is 0.739. The molecule has 1 aromatic rings. The van der Waals surface area contributed by atoms with E-state index in [1.54, 1.807) is 0 Å². The zero-order valence-electron chi connectivity index (χ0n) is 7.16. The van der Waals surface area contributed by atoms with Crippen molar-refractivity contribution < 1.29 is 4.79 Å². The molecule has 0 fully saturated rings. The van der Waals surface area contributed by atoms with Crippen molar-refractivity contribution in [2.75, 3.05) is 6.54 Å². The Morgan fingerprint density at radius 3 is 3.15 bits per heavy atom. The summed E-state index contributed by atoms with van der Waals surface area (Å²) < 4.78 is 3.61. The van der Waals surface area contributed by atoms with Gasteiger partial charge < -0.3 is 5.32 Å². The predicted octanol–water partition coefficient (Wildman–Crippen LogP) is 1.44. The molecule has 0 saturated carbocycles. The maximum atomic E-state index is 11.3. The first-order chi connectivity index (χ1) is 6.20. The van der Waals surface area contributed by atoms with E-state index in [1.165, 1.54) is 6.20 Å². The van der Waals surface area contributed by atoms with Gasteiger partial charge in [0.15, 0.2) is 0 Å². The third kappa shape index (κ3) is 3.82. The second-order valence-corrected chi connectivity index (χ2v) is 4.96. The van der Waals surface area contributed by atoms with Crippen LogP contribution >= 0.6 is 27.5 Å². The summed E-state index contributed by atoms with van der Waals surface area (Å²) in [6, 6.07) is 0. The average molecular weight is 264 g/mol. The molecular formula is C7H10BrN3OS. The Hall–Kier alpha value is -0.490. The van der Waals surface area contributed by atoms with Crippen molar-refractivity contribution in [3.05, 3.63) is 11.1 Å². The molecule has 1 N–H and O–H groups in total. The van der Waals surface area contributed by atoms with Crippen molar-refractivity contribution in [2.24, 2.45) is 0 Å². The highest BCUT2D eigenvalue weighted by molar-refractivity contribution is 9.09. The summed E-state index contributed by atoms with van der Waals surface area (Å²) in [6.07, 6.45) is 2.38. The molecule has 0 aliphatic heterocycles. The molecule has 1 amide bonds. The second kappa shape index (κ2) is 5.29. The lowest BCUT2D eigenvalue weighted by Crippen LogP contribution is -2.24. The van der Waals surface area contributed by atoms with Crippen molar-refractivity contribution in [1.29, 1.82) is 0 Å². The van der Waals surface area contributed by atoms with Crippen molar-refractivity contribution in [3.8, 4) is 0 Å². The molecule has 0 aromatic carbocycles. The number of aromatic nitrogens is 2. The standard InChI is InChI=1S/C7H10BrN3OS/c1-5(8)2-3-9-7(12)6-4-10-11-13-6/h4-5H,2-3H2,1H3,(H,9,12). The largest absolute Gasteiger partial charge is 0.351 e. The minimum atomic E-state index is -0.0943. The number of amides is 1. The van der Waals surface area contributed by atoms with E-state index in [1.807, 2.05) is 6.92 Å². The van der Waals surface area contributed by atoms with E-state index >= 15 is 0 Å². The van der Waals surface area contributed by atoms with Gasteiger partial charge in [-0.15, -0.1) is 5.10 Å². The summed E-state index contributed by atoms with van der Waals surface area (Å²) in [5, 5.41) is 6.36. The summed E-state index contributed by atoms with van der Waals surface area (Å²) in [7, 11) is 0. The van der Waals surface area contributed by atoms with Crippen LogP contribution in [0.4, 0.5) is 0 Å². The van der Waals surface area contributed by atoms with Crippen molar-refractivity contribution in [2.45, 2.75) is 18.2 Å². The van der Waals surface area contributed by atoms with Gasteiger partial charge in [-0.2, -0.15) is 0 Å². The molecule has 0 aliphatic carbocycles. The van der Waals surface area contributed by atoms with Gasteiger partial charge in [0, 0.05) is 11.4 Å². The van der Waals surface area contributed by atoms with Gasteiger partial charge in [-0.05, 0) is 18.0 Å². The number of rotatable bonds is 4. The third-order valence-corrected chi connectivity index (χ3v) is 2.53. The monoisotopic (exact) mass is 263 g/mol. The molecule has 1 atom stereocenters. The van der Waals surface area contributed by atoms with Crippen LogP contribution in [0, 0.1) is 0 Å². The smallest absolute Gasteiger partial charge is 0.264 e.